The first-order valence-electron chi connectivity index (χ1n) is 2.67. The zero-order valence-electron chi connectivity index (χ0n) is 5.35. The second-order valence-electron chi connectivity index (χ2n) is 1.89. The molecule has 0 amide bonds. The highest BCUT2D eigenvalue weighted by Crippen LogP contribution is 2.28. The van der Waals surface area contributed by atoms with Crippen molar-refractivity contribution < 1.29 is 4.79 Å². The number of nitrogen functional groups attached to an aromatic ring is 1. The molecule has 0 radical (unpaired) electrons. The van der Waals surface area contributed by atoms with Gasteiger partial charge in [-0.05, 0) is 22.0 Å². The highest BCUT2D eigenvalue weighted by atomic mass is 79.9. The summed E-state index contributed by atoms with van der Waals surface area (Å²) in [5, 5.41) is 0. The molecule has 1 rings (SSSR count). The van der Waals surface area contributed by atoms with Gasteiger partial charge in [0.05, 0.1) is 14.4 Å². The third-order valence-electron chi connectivity index (χ3n) is 1.05. The molecule has 1 aromatic rings. The Morgan fingerprint density at radius 1 is 1.80 bits per heavy atom. The summed E-state index contributed by atoms with van der Waals surface area (Å²) in [7, 11) is 0. The second kappa shape index (κ2) is 2.72. The van der Waals surface area contributed by atoms with Crippen molar-refractivity contribution in [1.29, 1.82) is 0 Å². The first-order valence-corrected chi connectivity index (χ1v) is 4.28. The lowest BCUT2D eigenvalue weighted by Crippen LogP contribution is -1.92. The van der Waals surface area contributed by atoms with Crippen LogP contribution in [0.4, 0.5) is 5.69 Å². The van der Waals surface area contributed by atoms with E-state index in [4.69, 9.17) is 5.73 Å². The van der Waals surface area contributed by atoms with Gasteiger partial charge in [0, 0.05) is 6.92 Å². The number of carbonyl (C=O) groups excluding carboxylic acids is 1. The molecular formula is C6H6BrNOS. The van der Waals surface area contributed by atoms with E-state index in [-0.39, 0.29) is 5.78 Å². The number of hydrogen-bond acceptors (Lipinski definition) is 3. The lowest BCUT2D eigenvalue weighted by molar-refractivity contribution is 0.102. The van der Waals surface area contributed by atoms with Crippen LogP contribution in [-0.4, -0.2) is 5.78 Å². The van der Waals surface area contributed by atoms with Crippen LogP contribution >= 0.6 is 27.3 Å². The average Bonchev–Trinajstić information content (AvgIpc) is 2.10. The Morgan fingerprint density at radius 3 is 2.60 bits per heavy atom. The number of thiophene rings is 1. The molecule has 0 aliphatic rings. The summed E-state index contributed by atoms with van der Waals surface area (Å²) in [6.45, 7) is 1.51. The molecule has 0 atom stereocenters. The van der Waals surface area contributed by atoms with E-state index in [1.807, 2.05) is 0 Å². The number of halogens is 1. The molecule has 0 saturated heterocycles. The smallest absolute Gasteiger partial charge is 0.171 e. The molecule has 0 aliphatic heterocycles. The molecule has 4 heteroatoms. The fourth-order valence-electron chi connectivity index (χ4n) is 0.649. The van der Waals surface area contributed by atoms with Crippen LogP contribution in [0.5, 0.6) is 0 Å². The molecule has 0 saturated carbocycles. The van der Waals surface area contributed by atoms with Crippen LogP contribution in [0.1, 0.15) is 16.6 Å². The van der Waals surface area contributed by atoms with Crippen LogP contribution in [0.3, 0.4) is 0 Å². The van der Waals surface area contributed by atoms with Crippen molar-refractivity contribution in [2.75, 3.05) is 5.73 Å². The summed E-state index contributed by atoms with van der Waals surface area (Å²) in [5.74, 6) is 0.0215. The summed E-state index contributed by atoms with van der Waals surface area (Å²) in [6, 6.07) is 1.74. The maximum absolute atomic E-state index is 10.8. The van der Waals surface area contributed by atoms with E-state index in [0.717, 1.165) is 3.79 Å². The molecule has 1 aromatic heterocycles. The number of ketones is 1. The van der Waals surface area contributed by atoms with E-state index in [9.17, 15) is 4.79 Å². The van der Waals surface area contributed by atoms with Gasteiger partial charge in [-0.1, -0.05) is 0 Å². The van der Waals surface area contributed by atoms with Crippen LogP contribution < -0.4 is 5.73 Å². The van der Waals surface area contributed by atoms with Crippen molar-refractivity contribution in [2.45, 2.75) is 6.92 Å². The van der Waals surface area contributed by atoms with Crippen molar-refractivity contribution in [3.63, 3.8) is 0 Å². The monoisotopic (exact) mass is 219 g/mol. The van der Waals surface area contributed by atoms with E-state index in [0.29, 0.717) is 10.6 Å². The lowest BCUT2D eigenvalue weighted by atomic mass is 10.3. The number of hydrogen-bond donors (Lipinski definition) is 1. The predicted octanol–water partition coefficient (Wildman–Crippen LogP) is 2.30. The molecular weight excluding hydrogens is 214 g/mol. The molecule has 2 nitrogen and oxygen atoms in total. The Balaban J connectivity index is 3.15. The molecule has 10 heavy (non-hydrogen) atoms. The molecule has 0 fully saturated rings. The molecule has 0 spiro atoms. The largest absolute Gasteiger partial charge is 0.397 e. The van der Waals surface area contributed by atoms with Gasteiger partial charge in [-0.25, -0.2) is 0 Å². The Hall–Kier alpha value is -0.350. The highest BCUT2D eigenvalue weighted by molar-refractivity contribution is 9.11. The average molecular weight is 220 g/mol. The van der Waals surface area contributed by atoms with Gasteiger partial charge in [-0.15, -0.1) is 11.3 Å². The Bertz CT molecular complexity index is 269. The molecule has 0 bridgehead atoms. The maximum Gasteiger partial charge on any atom is 0.171 e. The van der Waals surface area contributed by atoms with E-state index in [1.165, 1.54) is 18.3 Å². The van der Waals surface area contributed by atoms with Crippen LogP contribution in [0, 0.1) is 0 Å². The molecule has 1 heterocycles. The van der Waals surface area contributed by atoms with Gasteiger partial charge in [0.2, 0.25) is 0 Å². The van der Waals surface area contributed by atoms with E-state index in [2.05, 4.69) is 15.9 Å². The van der Waals surface area contributed by atoms with E-state index >= 15 is 0 Å². The summed E-state index contributed by atoms with van der Waals surface area (Å²) in [5.41, 5.74) is 6.06. The highest BCUT2D eigenvalue weighted by Gasteiger charge is 2.07. The Labute approximate surface area is 71.2 Å². The van der Waals surface area contributed by atoms with Gasteiger partial charge in [0.25, 0.3) is 0 Å². The van der Waals surface area contributed by atoms with E-state index in [1.54, 1.807) is 6.07 Å². The quantitative estimate of drug-likeness (QED) is 0.738. The van der Waals surface area contributed by atoms with Crippen molar-refractivity contribution >= 4 is 38.7 Å². The molecule has 0 aromatic carbocycles. The predicted molar refractivity (Wildman–Crippen MR) is 46.4 cm³/mol. The number of rotatable bonds is 1. The number of carbonyl (C=O) groups is 1. The number of nitrogens with two attached hydrogens (primary N) is 1. The Kier molecular flexibility index (Phi) is 2.11. The SMILES string of the molecule is CC(=O)c1sc(Br)cc1N. The second-order valence-corrected chi connectivity index (χ2v) is 4.32. The summed E-state index contributed by atoms with van der Waals surface area (Å²) >= 11 is 4.60. The third kappa shape index (κ3) is 1.38. The molecule has 54 valence electrons. The normalized spacial score (nSPS) is 9.80. The van der Waals surface area contributed by atoms with Crippen LogP contribution in [-0.2, 0) is 0 Å². The van der Waals surface area contributed by atoms with Gasteiger partial charge >= 0.3 is 0 Å². The van der Waals surface area contributed by atoms with Crippen molar-refractivity contribution in [3.05, 3.63) is 14.7 Å². The third-order valence-corrected chi connectivity index (χ3v) is 2.81. The molecule has 0 unspecified atom stereocenters. The summed E-state index contributed by atoms with van der Waals surface area (Å²) < 4.78 is 0.898. The van der Waals surface area contributed by atoms with E-state index < -0.39 is 0 Å². The topological polar surface area (TPSA) is 43.1 Å². The van der Waals surface area contributed by atoms with Gasteiger partial charge in [-0.2, -0.15) is 0 Å². The lowest BCUT2D eigenvalue weighted by Gasteiger charge is -1.87. The first-order chi connectivity index (χ1) is 4.61. The zero-order valence-corrected chi connectivity index (χ0v) is 7.75. The minimum atomic E-state index is 0.0215. The van der Waals surface area contributed by atoms with Gasteiger partial charge in [-0.3, -0.25) is 4.79 Å². The van der Waals surface area contributed by atoms with Crippen LogP contribution in [0.15, 0.2) is 9.85 Å². The standard InChI is InChI=1S/C6H6BrNOS/c1-3(9)6-4(8)2-5(7)10-6/h2H,8H2,1H3. The van der Waals surface area contributed by atoms with Gasteiger partial charge in [0.15, 0.2) is 5.78 Å². The first kappa shape index (κ1) is 7.75. The maximum atomic E-state index is 10.8. The van der Waals surface area contributed by atoms with Gasteiger partial charge < -0.3 is 5.73 Å². The van der Waals surface area contributed by atoms with Crippen molar-refractivity contribution in [2.24, 2.45) is 0 Å². The minimum Gasteiger partial charge on any atom is -0.397 e. The summed E-state index contributed by atoms with van der Waals surface area (Å²) in [6.07, 6.45) is 0. The number of anilines is 1. The zero-order chi connectivity index (χ0) is 7.72. The fraction of sp³-hybridized carbons (Fsp3) is 0.167. The minimum absolute atomic E-state index is 0.0215. The fourth-order valence-corrected chi connectivity index (χ4v) is 2.08. The molecule has 2 N–H and O–H groups in total. The van der Waals surface area contributed by atoms with Crippen molar-refractivity contribution in [1.82, 2.24) is 0 Å². The van der Waals surface area contributed by atoms with Gasteiger partial charge in [0.1, 0.15) is 0 Å². The number of Topliss-reactive ketones (excluding diaryl/α,β-unsaturated/α-hetero) is 1. The Morgan fingerprint density at radius 2 is 2.40 bits per heavy atom. The van der Waals surface area contributed by atoms with Crippen molar-refractivity contribution in [3.8, 4) is 0 Å². The van der Waals surface area contributed by atoms with Crippen LogP contribution in [0.25, 0.3) is 0 Å². The van der Waals surface area contributed by atoms with Crippen LogP contribution in [0.2, 0.25) is 0 Å². The summed E-state index contributed by atoms with van der Waals surface area (Å²) in [4.78, 5) is 11.4. The molecule has 0 aliphatic carbocycles.